The molecule has 0 heterocycles. The Balaban J connectivity index is 1.48. The van der Waals surface area contributed by atoms with Crippen LogP contribution in [0.15, 0.2) is 0 Å². The van der Waals surface area contributed by atoms with Gasteiger partial charge in [0.25, 0.3) is 0 Å². The summed E-state index contributed by atoms with van der Waals surface area (Å²) in [6.45, 7) is 4.70. The first-order valence-corrected chi connectivity index (χ1v) is 11.6. The van der Waals surface area contributed by atoms with Gasteiger partial charge >= 0.3 is 0 Å². The second-order valence-electron chi connectivity index (χ2n) is 10.2. The summed E-state index contributed by atoms with van der Waals surface area (Å²) in [7, 11) is 0. The molecule has 4 aliphatic carbocycles. The van der Waals surface area contributed by atoms with E-state index in [0.717, 1.165) is 47.8 Å². The van der Waals surface area contributed by atoms with E-state index in [-0.39, 0.29) is 5.41 Å². The van der Waals surface area contributed by atoms with Crippen molar-refractivity contribution in [2.45, 2.75) is 97.3 Å². The van der Waals surface area contributed by atoms with E-state index < -0.39 is 0 Å². The molecule has 0 amide bonds. The van der Waals surface area contributed by atoms with E-state index in [1.807, 2.05) is 0 Å². The number of rotatable bonds is 3. The molecule has 0 aliphatic heterocycles. The third-order valence-electron chi connectivity index (χ3n) is 9.33. The maximum atomic E-state index is 9.86. The van der Waals surface area contributed by atoms with E-state index in [4.69, 9.17) is 0 Å². The summed E-state index contributed by atoms with van der Waals surface area (Å²) < 4.78 is 0. The first-order valence-electron chi connectivity index (χ1n) is 11.6. The molecule has 0 radical (unpaired) electrons. The highest BCUT2D eigenvalue weighted by molar-refractivity contribution is 5.07. The minimum atomic E-state index is 0.0398. The van der Waals surface area contributed by atoms with Crippen molar-refractivity contribution in [3.63, 3.8) is 0 Å². The van der Waals surface area contributed by atoms with E-state index >= 15 is 0 Å². The molecule has 0 bridgehead atoms. The second-order valence-corrected chi connectivity index (χ2v) is 10.2. The third-order valence-corrected chi connectivity index (χ3v) is 9.33. The molecule has 25 heavy (non-hydrogen) atoms. The van der Waals surface area contributed by atoms with E-state index in [9.17, 15) is 5.26 Å². The maximum Gasteiger partial charge on any atom is 0.0689 e. The average Bonchev–Trinajstić information content (AvgIpc) is 2.66. The van der Waals surface area contributed by atoms with Crippen LogP contribution >= 0.6 is 0 Å². The highest BCUT2D eigenvalue weighted by Gasteiger charge is 2.52. The lowest BCUT2D eigenvalue weighted by Gasteiger charge is -2.57. The summed E-state index contributed by atoms with van der Waals surface area (Å²) in [4.78, 5) is 0. The van der Waals surface area contributed by atoms with Gasteiger partial charge in [0.1, 0.15) is 0 Å². The highest BCUT2D eigenvalue weighted by Crippen LogP contribution is 2.60. The number of nitriles is 1. The largest absolute Gasteiger partial charge is 0.198 e. The van der Waals surface area contributed by atoms with E-state index in [0.29, 0.717) is 0 Å². The fraction of sp³-hybridized carbons (Fsp3) is 0.958. The zero-order chi connectivity index (χ0) is 17.4. The first kappa shape index (κ1) is 17.9. The fourth-order valence-electron chi connectivity index (χ4n) is 8.34. The van der Waals surface area contributed by atoms with Crippen LogP contribution < -0.4 is 0 Å². The van der Waals surface area contributed by atoms with Crippen molar-refractivity contribution in [1.29, 1.82) is 5.26 Å². The van der Waals surface area contributed by atoms with E-state index in [1.165, 1.54) is 77.0 Å². The normalized spacial score (nSPS) is 49.4. The summed E-state index contributed by atoms with van der Waals surface area (Å²) in [5.74, 6) is 7.10. The van der Waals surface area contributed by atoms with Gasteiger partial charge in [-0.1, -0.05) is 39.5 Å². The van der Waals surface area contributed by atoms with Crippen LogP contribution in [0.3, 0.4) is 0 Å². The topological polar surface area (TPSA) is 23.8 Å². The molecule has 0 aromatic heterocycles. The zero-order valence-electron chi connectivity index (χ0n) is 16.7. The monoisotopic (exact) mass is 341 g/mol. The Morgan fingerprint density at radius 2 is 1.56 bits per heavy atom. The number of nitrogens with zero attached hydrogens (tertiary/aromatic N) is 1. The molecule has 1 heteroatoms. The van der Waals surface area contributed by atoms with Gasteiger partial charge in [-0.05, 0) is 99.2 Å². The second kappa shape index (κ2) is 7.25. The predicted molar refractivity (Wildman–Crippen MR) is 104 cm³/mol. The Kier molecular flexibility index (Phi) is 5.18. The van der Waals surface area contributed by atoms with E-state index in [1.54, 1.807) is 0 Å². The van der Waals surface area contributed by atoms with Gasteiger partial charge in [0.2, 0.25) is 0 Å². The van der Waals surface area contributed by atoms with Crippen molar-refractivity contribution in [1.82, 2.24) is 0 Å². The van der Waals surface area contributed by atoms with Crippen LogP contribution in [-0.4, -0.2) is 0 Å². The van der Waals surface area contributed by atoms with Crippen LogP contribution in [-0.2, 0) is 0 Å². The van der Waals surface area contributed by atoms with Crippen LogP contribution in [0.5, 0.6) is 0 Å². The van der Waals surface area contributed by atoms with Crippen LogP contribution in [0, 0.1) is 58.2 Å². The summed E-state index contributed by atoms with van der Waals surface area (Å²) in [6, 6.07) is 2.78. The molecule has 4 saturated carbocycles. The summed E-state index contributed by atoms with van der Waals surface area (Å²) >= 11 is 0. The Morgan fingerprint density at radius 1 is 0.840 bits per heavy atom. The van der Waals surface area contributed by atoms with Crippen molar-refractivity contribution in [2.24, 2.45) is 46.8 Å². The summed E-state index contributed by atoms with van der Waals surface area (Å²) in [5, 5.41) is 9.86. The van der Waals surface area contributed by atoms with Gasteiger partial charge in [-0.15, -0.1) is 0 Å². The first-order chi connectivity index (χ1) is 12.2. The maximum absolute atomic E-state index is 9.86. The molecule has 140 valence electrons. The minimum absolute atomic E-state index is 0.0398. The van der Waals surface area contributed by atoms with E-state index in [2.05, 4.69) is 19.9 Å². The van der Waals surface area contributed by atoms with Gasteiger partial charge < -0.3 is 0 Å². The quantitative estimate of drug-likeness (QED) is 0.543. The molecule has 4 aliphatic rings. The molecule has 8 atom stereocenters. The van der Waals surface area contributed by atoms with Gasteiger partial charge in [-0.2, -0.15) is 5.26 Å². The molecule has 6 unspecified atom stereocenters. The Bertz CT molecular complexity index is 505. The van der Waals surface area contributed by atoms with Gasteiger partial charge in [0, 0.05) is 0 Å². The zero-order valence-corrected chi connectivity index (χ0v) is 16.7. The number of hydrogen-bond donors (Lipinski definition) is 0. The number of hydrogen-bond acceptors (Lipinski definition) is 1. The molecular weight excluding hydrogens is 302 g/mol. The summed E-state index contributed by atoms with van der Waals surface area (Å²) in [5.41, 5.74) is 0.0398. The minimum Gasteiger partial charge on any atom is -0.198 e. The van der Waals surface area contributed by atoms with Crippen LogP contribution in [0.25, 0.3) is 0 Å². The van der Waals surface area contributed by atoms with Crippen molar-refractivity contribution >= 4 is 0 Å². The van der Waals surface area contributed by atoms with Crippen molar-refractivity contribution in [2.75, 3.05) is 0 Å². The lowest BCUT2D eigenvalue weighted by atomic mass is 9.48. The van der Waals surface area contributed by atoms with Crippen molar-refractivity contribution in [3.8, 4) is 6.07 Å². The predicted octanol–water partition coefficient (Wildman–Crippen LogP) is 6.98. The average molecular weight is 342 g/mol. The van der Waals surface area contributed by atoms with Gasteiger partial charge in [0.05, 0.1) is 11.5 Å². The lowest BCUT2D eigenvalue weighted by molar-refractivity contribution is -0.0709. The van der Waals surface area contributed by atoms with Crippen LogP contribution in [0.1, 0.15) is 97.3 Å². The standard InChI is InChI=1S/C24H39N/c1-3-13-24(16-25)14-12-20-18(15-24)8-9-23-21-7-5-6-17(4-2)19(21)10-11-22(20)23/h17-23H,3-15H2,1-2H3/t17-,18?,19?,20?,21?,22?,23?,24-/m1/s1. The van der Waals surface area contributed by atoms with Gasteiger partial charge in [-0.3, -0.25) is 0 Å². The Hall–Kier alpha value is -0.510. The fourth-order valence-corrected chi connectivity index (χ4v) is 8.34. The molecule has 0 aromatic rings. The van der Waals surface area contributed by atoms with Gasteiger partial charge in [-0.25, -0.2) is 0 Å². The van der Waals surface area contributed by atoms with Crippen molar-refractivity contribution < 1.29 is 0 Å². The molecule has 0 spiro atoms. The Morgan fingerprint density at radius 3 is 2.32 bits per heavy atom. The van der Waals surface area contributed by atoms with Crippen LogP contribution in [0.4, 0.5) is 0 Å². The smallest absolute Gasteiger partial charge is 0.0689 e. The molecular formula is C24H39N. The highest BCUT2D eigenvalue weighted by atomic mass is 14.6. The van der Waals surface area contributed by atoms with Crippen molar-refractivity contribution in [3.05, 3.63) is 0 Å². The summed E-state index contributed by atoms with van der Waals surface area (Å²) in [6.07, 6.45) is 18.1. The lowest BCUT2D eigenvalue weighted by Crippen LogP contribution is -2.49. The molecule has 0 aromatic carbocycles. The Labute approximate surface area is 156 Å². The van der Waals surface area contributed by atoms with Gasteiger partial charge in [0.15, 0.2) is 0 Å². The number of fused-ring (bicyclic) bond motifs is 5. The third kappa shape index (κ3) is 3.07. The van der Waals surface area contributed by atoms with Crippen LogP contribution in [0.2, 0.25) is 0 Å². The molecule has 0 saturated heterocycles. The molecule has 4 fully saturated rings. The molecule has 1 nitrogen and oxygen atoms in total. The molecule has 4 rings (SSSR count). The SMILES string of the molecule is CCC[C@@]1(C#N)CCC2C(CCC3C2CCC2C3CCC[C@H]2CC)C1. The molecule has 0 N–H and O–H groups in total.